The molecule has 0 atom stereocenters. The van der Waals surface area contributed by atoms with Crippen molar-refractivity contribution in [3.05, 3.63) is 53.6 Å². The van der Waals surface area contributed by atoms with Crippen LogP contribution in [-0.4, -0.2) is 30.2 Å². The highest BCUT2D eigenvalue weighted by atomic mass is 16.6. The summed E-state index contributed by atoms with van der Waals surface area (Å²) < 4.78 is 27.8. The fraction of sp³-hybridized carbons (Fsp3) is 0.615. The average Bonchev–Trinajstić information content (AvgIpc) is 3.08. The lowest BCUT2D eigenvalue weighted by Crippen LogP contribution is -2.26. The quantitative estimate of drug-likeness (QED) is 0.190. The Morgan fingerprint density at radius 3 is 1.45 bits per heavy atom. The van der Waals surface area contributed by atoms with Gasteiger partial charge in [-0.2, -0.15) is 0 Å². The molecular formula is C39H52O5. The number of rotatable bonds is 11. The van der Waals surface area contributed by atoms with Gasteiger partial charge in [0.05, 0.1) is 24.4 Å². The molecule has 0 bridgehead atoms. The number of ketones is 1. The van der Waals surface area contributed by atoms with E-state index < -0.39 is 0 Å². The van der Waals surface area contributed by atoms with Crippen molar-refractivity contribution in [3.8, 4) is 23.0 Å². The molecule has 5 heteroatoms. The SMILES string of the molecule is O=C(/C=C/c1cc(OC2CCCCC2)c(OC2CCCCC2)c(OC2CCCCC2)c1OC1CCCCC1)c1ccccc1. The van der Waals surface area contributed by atoms with Crippen molar-refractivity contribution in [2.45, 2.75) is 153 Å². The summed E-state index contributed by atoms with van der Waals surface area (Å²) in [6.07, 6.45) is 27.0. The van der Waals surface area contributed by atoms with Gasteiger partial charge in [-0.15, -0.1) is 0 Å². The highest BCUT2D eigenvalue weighted by molar-refractivity contribution is 6.07. The maximum absolute atomic E-state index is 13.2. The van der Waals surface area contributed by atoms with E-state index in [9.17, 15) is 4.79 Å². The van der Waals surface area contributed by atoms with Crippen LogP contribution in [0.3, 0.4) is 0 Å². The maximum Gasteiger partial charge on any atom is 0.208 e. The van der Waals surface area contributed by atoms with Gasteiger partial charge in [0, 0.05) is 11.1 Å². The first-order chi connectivity index (χ1) is 21.7. The standard InChI is InChI=1S/C39H52O5/c40-35(29-16-6-1-7-17-29)27-26-30-28-36(41-31-18-8-2-9-19-31)38(43-33-22-12-4-13-23-33)39(44-34-24-14-5-15-25-34)37(30)42-32-20-10-3-11-21-32/h1,6-7,16-17,26-28,31-34H,2-5,8-15,18-25H2/b27-26+. The Balaban J connectivity index is 1.44. The smallest absolute Gasteiger partial charge is 0.208 e. The van der Waals surface area contributed by atoms with Gasteiger partial charge in [0.25, 0.3) is 0 Å². The van der Waals surface area contributed by atoms with Crippen LogP contribution in [0.4, 0.5) is 0 Å². The first kappa shape index (κ1) is 31.0. The van der Waals surface area contributed by atoms with Crippen LogP contribution in [0.1, 0.15) is 144 Å². The largest absolute Gasteiger partial charge is 0.486 e. The van der Waals surface area contributed by atoms with Crippen LogP contribution >= 0.6 is 0 Å². The molecule has 6 rings (SSSR count). The third kappa shape index (κ3) is 8.40. The Hall–Kier alpha value is -2.95. The second-order valence-electron chi connectivity index (χ2n) is 13.5. The van der Waals surface area contributed by atoms with Gasteiger partial charge >= 0.3 is 0 Å². The fourth-order valence-corrected chi connectivity index (χ4v) is 7.45. The summed E-state index contributed by atoms with van der Waals surface area (Å²) in [4.78, 5) is 13.2. The van der Waals surface area contributed by atoms with Crippen molar-refractivity contribution in [1.29, 1.82) is 0 Å². The zero-order valence-corrected chi connectivity index (χ0v) is 26.6. The van der Waals surface area contributed by atoms with E-state index >= 15 is 0 Å². The van der Waals surface area contributed by atoms with Crippen LogP contribution in [-0.2, 0) is 0 Å². The highest BCUT2D eigenvalue weighted by Crippen LogP contribution is 2.51. The molecule has 4 aliphatic rings. The molecule has 0 aromatic heterocycles. The fourth-order valence-electron chi connectivity index (χ4n) is 7.45. The zero-order chi connectivity index (χ0) is 30.0. The average molecular weight is 601 g/mol. The molecule has 2 aromatic rings. The molecule has 4 fully saturated rings. The molecule has 0 N–H and O–H groups in total. The molecule has 44 heavy (non-hydrogen) atoms. The predicted molar refractivity (Wildman–Crippen MR) is 176 cm³/mol. The minimum absolute atomic E-state index is 0.0266. The highest BCUT2D eigenvalue weighted by Gasteiger charge is 2.31. The molecular weight excluding hydrogens is 548 g/mol. The number of allylic oxidation sites excluding steroid dienone is 1. The summed E-state index contributed by atoms with van der Waals surface area (Å²) in [5.74, 6) is 2.87. The summed E-state index contributed by atoms with van der Waals surface area (Å²) in [5.41, 5.74) is 1.51. The van der Waals surface area contributed by atoms with E-state index in [2.05, 4.69) is 6.07 Å². The van der Waals surface area contributed by atoms with Gasteiger partial charge in [-0.25, -0.2) is 0 Å². The summed E-state index contributed by atoms with van der Waals surface area (Å²) in [5, 5.41) is 0. The van der Waals surface area contributed by atoms with Crippen LogP contribution in [0, 0.1) is 0 Å². The van der Waals surface area contributed by atoms with Crippen LogP contribution in [0.25, 0.3) is 6.08 Å². The first-order valence-electron chi connectivity index (χ1n) is 17.9. The number of hydrogen-bond donors (Lipinski definition) is 0. The normalized spacial score (nSPS) is 21.3. The molecule has 0 radical (unpaired) electrons. The number of hydrogen-bond acceptors (Lipinski definition) is 5. The topological polar surface area (TPSA) is 54.0 Å². The van der Waals surface area contributed by atoms with Crippen molar-refractivity contribution >= 4 is 11.9 Å². The summed E-state index contributed by atoms with van der Waals surface area (Å²) in [7, 11) is 0. The molecule has 2 aromatic carbocycles. The van der Waals surface area contributed by atoms with Crippen LogP contribution in [0.15, 0.2) is 42.5 Å². The van der Waals surface area contributed by atoms with Gasteiger partial charge in [-0.05, 0) is 121 Å². The van der Waals surface area contributed by atoms with E-state index in [0.29, 0.717) is 11.3 Å². The Kier molecular flexibility index (Phi) is 11.2. The molecule has 4 saturated carbocycles. The Morgan fingerprint density at radius 2 is 0.955 bits per heavy atom. The van der Waals surface area contributed by atoms with Gasteiger partial charge in [0.15, 0.2) is 17.3 Å². The molecule has 0 amide bonds. The molecule has 0 heterocycles. The first-order valence-corrected chi connectivity index (χ1v) is 17.9. The molecule has 238 valence electrons. The zero-order valence-electron chi connectivity index (χ0n) is 26.6. The summed E-state index contributed by atoms with van der Waals surface area (Å²) >= 11 is 0. The van der Waals surface area contributed by atoms with Gasteiger partial charge < -0.3 is 18.9 Å². The minimum Gasteiger partial charge on any atom is -0.486 e. The predicted octanol–water partition coefficient (Wildman–Crippen LogP) is 10.4. The van der Waals surface area contributed by atoms with Crippen LogP contribution < -0.4 is 18.9 Å². The van der Waals surface area contributed by atoms with Gasteiger partial charge in [0.2, 0.25) is 11.5 Å². The summed E-state index contributed by atoms with van der Waals surface area (Å²) in [6, 6.07) is 11.5. The van der Waals surface area contributed by atoms with Gasteiger partial charge in [-0.3, -0.25) is 4.79 Å². The minimum atomic E-state index is -0.0266. The molecule has 0 spiro atoms. The van der Waals surface area contributed by atoms with E-state index in [0.717, 1.165) is 74.2 Å². The molecule has 5 nitrogen and oxygen atoms in total. The van der Waals surface area contributed by atoms with E-state index in [1.54, 1.807) is 6.08 Å². The molecule has 0 saturated heterocycles. The lowest BCUT2D eigenvalue weighted by atomic mass is 9.96. The van der Waals surface area contributed by atoms with E-state index in [1.165, 1.54) is 77.0 Å². The molecule has 4 aliphatic carbocycles. The second-order valence-corrected chi connectivity index (χ2v) is 13.5. The van der Waals surface area contributed by atoms with Gasteiger partial charge in [0.1, 0.15) is 0 Å². The van der Waals surface area contributed by atoms with Crippen molar-refractivity contribution in [2.75, 3.05) is 0 Å². The third-order valence-corrected chi connectivity index (χ3v) is 10.0. The number of benzene rings is 2. The van der Waals surface area contributed by atoms with E-state index in [4.69, 9.17) is 18.9 Å². The van der Waals surface area contributed by atoms with Crippen molar-refractivity contribution in [3.63, 3.8) is 0 Å². The lowest BCUT2D eigenvalue weighted by Gasteiger charge is -2.32. The van der Waals surface area contributed by atoms with E-state index in [-0.39, 0.29) is 30.2 Å². The molecule has 0 unspecified atom stereocenters. The number of ether oxygens (including phenoxy) is 4. The van der Waals surface area contributed by atoms with Crippen LogP contribution in [0.2, 0.25) is 0 Å². The maximum atomic E-state index is 13.2. The molecule has 0 aliphatic heterocycles. The third-order valence-electron chi connectivity index (χ3n) is 10.0. The van der Waals surface area contributed by atoms with Crippen LogP contribution in [0.5, 0.6) is 23.0 Å². The number of carbonyl (C=O) groups is 1. The van der Waals surface area contributed by atoms with Crippen molar-refractivity contribution in [2.24, 2.45) is 0 Å². The number of carbonyl (C=O) groups excluding carboxylic acids is 1. The van der Waals surface area contributed by atoms with Crippen molar-refractivity contribution in [1.82, 2.24) is 0 Å². The summed E-state index contributed by atoms with van der Waals surface area (Å²) in [6.45, 7) is 0. The second kappa shape index (κ2) is 15.9. The monoisotopic (exact) mass is 600 g/mol. The Labute approximate surface area is 264 Å². The van der Waals surface area contributed by atoms with Gasteiger partial charge in [-0.1, -0.05) is 56.0 Å². The Bertz CT molecular complexity index is 1210. The Morgan fingerprint density at radius 1 is 0.523 bits per heavy atom. The van der Waals surface area contributed by atoms with Crippen molar-refractivity contribution < 1.29 is 23.7 Å². The lowest BCUT2D eigenvalue weighted by molar-refractivity contribution is 0.0954. The van der Waals surface area contributed by atoms with E-state index in [1.807, 2.05) is 36.4 Å².